The van der Waals surface area contributed by atoms with Gasteiger partial charge >= 0.3 is 0 Å². The number of primary amides is 1. The van der Waals surface area contributed by atoms with Gasteiger partial charge in [-0.1, -0.05) is 79.7 Å². The molecule has 0 aliphatic carbocycles. The van der Waals surface area contributed by atoms with Gasteiger partial charge in [0.15, 0.2) is 0 Å². The molecule has 4 N–H and O–H groups in total. The quantitative estimate of drug-likeness (QED) is 0.780. The van der Waals surface area contributed by atoms with Crippen LogP contribution in [0.2, 0.25) is 0 Å². The van der Waals surface area contributed by atoms with Gasteiger partial charge in [0.2, 0.25) is 0 Å². The first-order valence-electron chi connectivity index (χ1n) is 8.97. The second-order valence-electron chi connectivity index (χ2n) is 6.37. The molecule has 1 aliphatic rings. The maximum atomic E-state index is 12.3. The lowest BCUT2D eigenvalue weighted by atomic mass is 10.1. The van der Waals surface area contributed by atoms with Gasteiger partial charge in [0.1, 0.15) is 11.1 Å². The van der Waals surface area contributed by atoms with Crippen LogP contribution in [-0.2, 0) is 11.3 Å². The van der Waals surface area contributed by atoms with Gasteiger partial charge in [-0.25, -0.2) is 0 Å². The number of benzene rings is 2. The fourth-order valence-electron chi connectivity index (χ4n) is 3.15. The Kier molecular flexibility index (Phi) is 6.01. The van der Waals surface area contributed by atoms with Crippen molar-refractivity contribution in [1.82, 2.24) is 4.90 Å². The number of hydrogen-bond acceptors (Lipinski definition) is 4. The van der Waals surface area contributed by atoms with Crippen molar-refractivity contribution in [3.8, 4) is 0 Å². The molecule has 136 valence electrons. The van der Waals surface area contributed by atoms with E-state index >= 15 is 0 Å². The van der Waals surface area contributed by atoms with E-state index in [1.165, 1.54) is 5.56 Å². The molecule has 0 spiro atoms. The summed E-state index contributed by atoms with van der Waals surface area (Å²) in [5, 5.41) is 0.0643. The van der Waals surface area contributed by atoms with Crippen molar-refractivity contribution < 1.29 is 4.79 Å². The lowest BCUT2D eigenvalue weighted by molar-refractivity contribution is -0.116. The van der Waals surface area contributed by atoms with E-state index in [9.17, 15) is 4.79 Å². The summed E-state index contributed by atoms with van der Waals surface area (Å²) in [7, 11) is 0. The van der Waals surface area contributed by atoms with Crippen LogP contribution in [0.25, 0.3) is 4.91 Å². The number of nitrogens with two attached hydrogens (primary N) is 2. The number of carbonyl (C=O) groups is 1. The molecule has 0 fully saturated rings. The van der Waals surface area contributed by atoms with Crippen LogP contribution in [0.4, 0.5) is 0 Å². The Morgan fingerprint density at radius 3 is 2.38 bits per heavy atom. The third kappa shape index (κ3) is 3.79. The van der Waals surface area contributed by atoms with Crippen LogP contribution < -0.4 is 11.5 Å². The molecular weight excluding hydrogens is 342 g/mol. The molecule has 0 saturated carbocycles. The highest BCUT2D eigenvalue weighted by Gasteiger charge is 2.36. The van der Waals surface area contributed by atoms with Crippen LogP contribution in [0, 0.1) is 0 Å². The Balaban J connectivity index is 2.03. The molecular formula is C21H25N3OS. The first kappa shape index (κ1) is 18.5. The van der Waals surface area contributed by atoms with Crippen LogP contribution >= 0.6 is 11.8 Å². The maximum absolute atomic E-state index is 12.3. The summed E-state index contributed by atoms with van der Waals surface area (Å²) in [6, 6.07) is 18.4. The first-order chi connectivity index (χ1) is 12.7. The summed E-state index contributed by atoms with van der Waals surface area (Å²) in [6.07, 6.45) is 2.08. The van der Waals surface area contributed by atoms with E-state index in [1.54, 1.807) is 11.8 Å². The van der Waals surface area contributed by atoms with Gasteiger partial charge in [0.25, 0.3) is 5.91 Å². The van der Waals surface area contributed by atoms with Crippen LogP contribution in [0.15, 0.2) is 60.3 Å². The molecule has 2 aromatic carbocycles. The Hall–Kier alpha value is -2.24. The topological polar surface area (TPSA) is 72.3 Å². The number of thioether (sulfide) groups is 1. The van der Waals surface area contributed by atoms with E-state index in [0.29, 0.717) is 12.2 Å². The highest BCUT2D eigenvalue weighted by atomic mass is 32.2. The minimum absolute atomic E-state index is 0.0643. The molecule has 3 rings (SSSR count). The van der Waals surface area contributed by atoms with Gasteiger partial charge in [-0.15, -0.1) is 0 Å². The third-order valence-electron chi connectivity index (χ3n) is 4.54. The number of hydrogen-bond donors (Lipinski definition) is 2. The van der Waals surface area contributed by atoms with Crippen molar-refractivity contribution in [3.63, 3.8) is 0 Å². The van der Waals surface area contributed by atoms with Crippen molar-refractivity contribution in [2.45, 2.75) is 31.7 Å². The number of nitrogens with zero attached hydrogens (tertiary/aromatic N) is 1. The Morgan fingerprint density at radius 1 is 1.12 bits per heavy atom. The smallest absolute Gasteiger partial charge is 0.266 e. The van der Waals surface area contributed by atoms with Gasteiger partial charge in [-0.05, 0) is 23.1 Å². The molecule has 0 aromatic heterocycles. The van der Waals surface area contributed by atoms with Gasteiger partial charge in [0, 0.05) is 18.0 Å². The Morgan fingerprint density at radius 2 is 1.81 bits per heavy atom. The monoisotopic (exact) mass is 367 g/mol. The van der Waals surface area contributed by atoms with Gasteiger partial charge in [0.05, 0.1) is 0 Å². The van der Waals surface area contributed by atoms with E-state index in [1.807, 2.05) is 42.5 Å². The molecule has 0 radical (unpaired) electrons. The highest BCUT2D eigenvalue weighted by Crippen LogP contribution is 2.51. The van der Waals surface area contributed by atoms with Gasteiger partial charge < -0.3 is 16.4 Å². The van der Waals surface area contributed by atoms with Crippen molar-refractivity contribution >= 4 is 22.6 Å². The molecule has 26 heavy (non-hydrogen) atoms. The number of unbranched alkanes of at least 4 members (excludes halogenated alkanes) is 1. The molecule has 0 saturated heterocycles. The summed E-state index contributed by atoms with van der Waals surface area (Å²) in [6.45, 7) is 3.47. The van der Waals surface area contributed by atoms with E-state index in [4.69, 9.17) is 11.5 Å². The second kappa shape index (κ2) is 8.43. The first-order valence-corrected chi connectivity index (χ1v) is 9.85. The third-order valence-corrected chi connectivity index (χ3v) is 5.95. The molecule has 1 atom stereocenters. The molecule has 1 amide bonds. The Bertz CT molecular complexity index is 787. The van der Waals surface area contributed by atoms with Crippen molar-refractivity contribution in [2.75, 3.05) is 6.54 Å². The lowest BCUT2D eigenvalue weighted by Crippen LogP contribution is -2.31. The van der Waals surface area contributed by atoms with Crippen LogP contribution in [-0.4, -0.2) is 17.4 Å². The summed E-state index contributed by atoms with van der Waals surface area (Å²) >= 11 is 1.70. The standard InChI is InChI=1S/C21H25N3OS/c1-2-3-13-24-18(20(23)25)19(16-11-9-15(14-22)10-12-16)26-21(24)17-7-5-4-6-8-17/h4-12,21H,2-3,13-14,22H2,1H3,(H2,23,25). The van der Waals surface area contributed by atoms with Gasteiger partial charge in [-0.3, -0.25) is 4.79 Å². The normalized spacial score (nSPS) is 17.0. The average molecular weight is 368 g/mol. The zero-order valence-electron chi connectivity index (χ0n) is 15.0. The highest BCUT2D eigenvalue weighted by molar-refractivity contribution is 8.08. The molecule has 0 bridgehead atoms. The van der Waals surface area contributed by atoms with Crippen molar-refractivity contribution in [2.24, 2.45) is 11.5 Å². The number of rotatable bonds is 7. The predicted molar refractivity (Wildman–Crippen MR) is 109 cm³/mol. The number of amides is 1. The van der Waals surface area contributed by atoms with Gasteiger partial charge in [-0.2, -0.15) is 0 Å². The number of carbonyl (C=O) groups excluding carboxylic acids is 1. The van der Waals surface area contributed by atoms with Crippen molar-refractivity contribution in [3.05, 3.63) is 77.0 Å². The maximum Gasteiger partial charge on any atom is 0.266 e. The minimum Gasteiger partial charge on any atom is -0.364 e. The van der Waals surface area contributed by atoms with E-state index in [-0.39, 0.29) is 11.3 Å². The van der Waals surface area contributed by atoms with Crippen LogP contribution in [0.5, 0.6) is 0 Å². The molecule has 1 unspecified atom stereocenters. The SMILES string of the molecule is CCCCN1C(C(N)=O)=C(c2ccc(CN)cc2)SC1c1ccccc1. The molecule has 4 nitrogen and oxygen atoms in total. The van der Waals surface area contributed by atoms with E-state index in [0.717, 1.165) is 35.4 Å². The summed E-state index contributed by atoms with van der Waals surface area (Å²) in [5.41, 5.74) is 15.4. The summed E-state index contributed by atoms with van der Waals surface area (Å²) in [5.74, 6) is -0.370. The summed E-state index contributed by atoms with van der Waals surface area (Å²) in [4.78, 5) is 15.5. The van der Waals surface area contributed by atoms with Crippen LogP contribution in [0.1, 0.15) is 41.8 Å². The molecule has 1 aliphatic heterocycles. The molecule has 2 aromatic rings. The minimum atomic E-state index is -0.370. The zero-order chi connectivity index (χ0) is 18.5. The fourth-order valence-corrected chi connectivity index (χ4v) is 4.61. The Labute approximate surface area is 159 Å². The van der Waals surface area contributed by atoms with Crippen molar-refractivity contribution in [1.29, 1.82) is 0 Å². The summed E-state index contributed by atoms with van der Waals surface area (Å²) < 4.78 is 0. The second-order valence-corrected chi connectivity index (χ2v) is 7.46. The predicted octanol–water partition coefficient (Wildman–Crippen LogP) is 3.85. The van der Waals surface area contributed by atoms with E-state index in [2.05, 4.69) is 24.0 Å². The zero-order valence-corrected chi connectivity index (χ0v) is 15.8. The lowest BCUT2D eigenvalue weighted by Gasteiger charge is -2.27. The molecule has 1 heterocycles. The molecule has 5 heteroatoms. The van der Waals surface area contributed by atoms with E-state index < -0.39 is 0 Å². The largest absolute Gasteiger partial charge is 0.364 e. The van der Waals surface area contributed by atoms with Crippen LogP contribution in [0.3, 0.4) is 0 Å². The average Bonchev–Trinajstić information content (AvgIpc) is 3.06. The fraction of sp³-hybridized carbons (Fsp3) is 0.286.